The van der Waals surface area contributed by atoms with Crippen molar-refractivity contribution in [1.29, 1.82) is 0 Å². The predicted octanol–water partition coefficient (Wildman–Crippen LogP) is -0.255. The van der Waals surface area contributed by atoms with Gasteiger partial charge in [0.1, 0.15) is 0 Å². The first kappa shape index (κ1) is 8.21. The number of rotatable bonds is 0. The summed E-state index contributed by atoms with van der Waals surface area (Å²) in [7, 11) is 0. The monoisotopic (exact) mass is 184 g/mol. The summed E-state index contributed by atoms with van der Waals surface area (Å²) in [6.07, 6.45) is 1.39. The molecule has 0 radical (unpaired) electrons. The maximum atomic E-state index is 9.75. The zero-order chi connectivity index (χ0) is 9.16. The van der Waals surface area contributed by atoms with E-state index in [4.69, 9.17) is 0 Å². The molecule has 0 aromatic heterocycles. The Hall–Kier alpha value is -0.120. The molecule has 74 valence electrons. The highest BCUT2D eigenvalue weighted by molar-refractivity contribution is 5.08. The fourth-order valence-corrected chi connectivity index (χ4v) is 4.01. The van der Waals surface area contributed by atoms with Crippen LogP contribution in [0.3, 0.4) is 0 Å². The molecule has 0 saturated heterocycles. The molecule has 3 nitrogen and oxygen atoms in total. The van der Waals surface area contributed by atoms with Gasteiger partial charge in [-0.05, 0) is 42.9 Å². The Morgan fingerprint density at radius 1 is 0.769 bits per heavy atom. The molecule has 7 atom stereocenters. The summed E-state index contributed by atoms with van der Waals surface area (Å²) < 4.78 is 0. The van der Waals surface area contributed by atoms with Crippen molar-refractivity contribution in [2.24, 2.45) is 23.7 Å². The average Bonchev–Trinajstić information content (AvgIpc) is 2.66. The van der Waals surface area contributed by atoms with E-state index < -0.39 is 12.2 Å². The third-order valence-electron chi connectivity index (χ3n) is 4.51. The molecule has 3 N–H and O–H groups in total. The highest BCUT2D eigenvalue weighted by Crippen LogP contribution is 2.58. The molecule has 3 fully saturated rings. The lowest BCUT2D eigenvalue weighted by molar-refractivity contribution is -0.0199. The molecule has 2 bridgehead atoms. The third kappa shape index (κ3) is 0.901. The van der Waals surface area contributed by atoms with Crippen LogP contribution in [0.2, 0.25) is 0 Å². The fourth-order valence-electron chi connectivity index (χ4n) is 4.01. The summed E-state index contributed by atoms with van der Waals surface area (Å²) in [5, 5.41) is 28.9. The normalized spacial score (nSPS) is 64.4. The van der Waals surface area contributed by atoms with Gasteiger partial charge in [0.05, 0.1) is 18.3 Å². The first-order valence-corrected chi connectivity index (χ1v) is 5.22. The molecular formula is C10H16O3. The second-order valence-corrected chi connectivity index (χ2v) is 5.00. The van der Waals surface area contributed by atoms with E-state index in [2.05, 4.69) is 0 Å². The highest BCUT2D eigenvalue weighted by atomic mass is 16.3. The van der Waals surface area contributed by atoms with Crippen molar-refractivity contribution in [3.8, 4) is 0 Å². The largest absolute Gasteiger partial charge is 0.393 e. The lowest BCUT2D eigenvalue weighted by Crippen LogP contribution is -2.35. The highest BCUT2D eigenvalue weighted by Gasteiger charge is 2.59. The van der Waals surface area contributed by atoms with E-state index >= 15 is 0 Å². The predicted molar refractivity (Wildman–Crippen MR) is 45.8 cm³/mol. The molecule has 3 heteroatoms. The lowest BCUT2D eigenvalue weighted by Gasteiger charge is -2.29. The summed E-state index contributed by atoms with van der Waals surface area (Å²) in [5.74, 6) is 1.50. The van der Waals surface area contributed by atoms with E-state index in [1.807, 2.05) is 0 Å². The van der Waals surface area contributed by atoms with Crippen LogP contribution < -0.4 is 0 Å². The van der Waals surface area contributed by atoms with Gasteiger partial charge in [-0.1, -0.05) is 0 Å². The SMILES string of the molecule is OC1CC2C3CC(O)C(C3)C2C1O. The molecule has 0 aromatic carbocycles. The Morgan fingerprint density at radius 3 is 2.31 bits per heavy atom. The maximum Gasteiger partial charge on any atom is 0.0833 e. The molecule has 3 saturated carbocycles. The standard InChI is InChI=1S/C10H16O3/c11-7-2-4-1-6(7)9-5(4)3-8(12)10(9)13/h4-13H,1-3H2. The zero-order valence-electron chi connectivity index (χ0n) is 7.50. The van der Waals surface area contributed by atoms with Gasteiger partial charge in [-0.15, -0.1) is 0 Å². The van der Waals surface area contributed by atoms with Gasteiger partial charge in [-0.2, -0.15) is 0 Å². The van der Waals surface area contributed by atoms with Gasteiger partial charge in [0.25, 0.3) is 0 Å². The van der Waals surface area contributed by atoms with Crippen LogP contribution in [0.5, 0.6) is 0 Å². The molecule has 3 aliphatic carbocycles. The van der Waals surface area contributed by atoms with E-state index in [1.54, 1.807) is 0 Å². The van der Waals surface area contributed by atoms with Crippen LogP contribution in [0.1, 0.15) is 19.3 Å². The van der Waals surface area contributed by atoms with E-state index in [9.17, 15) is 15.3 Å². The van der Waals surface area contributed by atoms with Crippen LogP contribution >= 0.6 is 0 Å². The molecule has 0 spiro atoms. The third-order valence-corrected chi connectivity index (χ3v) is 4.51. The second-order valence-electron chi connectivity index (χ2n) is 5.00. The number of aliphatic hydroxyl groups is 3. The van der Waals surface area contributed by atoms with E-state index in [0.29, 0.717) is 11.8 Å². The number of aliphatic hydroxyl groups excluding tert-OH is 3. The molecule has 3 aliphatic rings. The summed E-state index contributed by atoms with van der Waals surface area (Å²) in [6.45, 7) is 0. The summed E-state index contributed by atoms with van der Waals surface area (Å²) in [4.78, 5) is 0. The van der Waals surface area contributed by atoms with Gasteiger partial charge < -0.3 is 15.3 Å². The molecule has 7 unspecified atom stereocenters. The molecule has 0 amide bonds. The minimum absolute atomic E-state index is 0.184. The Balaban J connectivity index is 1.90. The zero-order valence-corrected chi connectivity index (χ0v) is 7.50. The van der Waals surface area contributed by atoms with E-state index in [0.717, 1.165) is 19.3 Å². The smallest absolute Gasteiger partial charge is 0.0833 e. The average molecular weight is 184 g/mol. The number of fused-ring (bicyclic) bond motifs is 5. The van der Waals surface area contributed by atoms with E-state index in [-0.39, 0.29) is 17.9 Å². The molecular weight excluding hydrogens is 168 g/mol. The van der Waals surface area contributed by atoms with Crippen LogP contribution in [0, 0.1) is 23.7 Å². The minimum atomic E-state index is -0.574. The molecule has 13 heavy (non-hydrogen) atoms. The summed E-state index contributed by atoms with van der Waals surface area (Å²) >= 11 is 0. The Bertz CT molecular complexity index is 228. The van der Waals surface area contributed by atoms with Crippen molar-refractivity contribution in [1.82, 2.24) is 0 Å². The first-order valence-electron chi connectivity index (χ1n) is 5.22. The van der Waals surface area contributed by atoms with Crippen LogP contribution in [0.25, 0.3) is 0 Å². The van der Waals surface area contributed by atoms with Gasteiger partial charge in [0.2, 0.25) is 0 Å². The van der Waals surface area contributed by atoms with Crippen molar-refractivity contribution in [2.75, 3.05) is 0 Å². The van der Waals surface area contributed by atoms with Crippen LogP contribution in [-0.4, -0.2) is 33.6 Å². The quantitative estimate of drug-likeness (QED) is 0.486. The molecule has 0 aromatic rings. The maximum absolute atomic E-state index is 9.75. The summed E-state index contributed by atoms with van der Waals surface area (Å²) in [5.41, 5.74) is 0. The minimum Gasteiger partial charge on any atom is -0.393 e. The van der Waals surface area contributed by atoms with Gasteiger partial charge in [0.15, 0.2) is 0 Å². The van der Waals surface area contributed by atoms with Gasteiger partial charge in [-0.3, -0.25) is 0 Å². The van der Waals surface area contributed by atoms with E-state index in [1.165, 1.54) is 0 Å². The molecule has 0 heterocycles. The van der Waals surface area contributed by atoms with Gasteiger partial charge >= 0.3 is 0 Å². The Morgan fingerprint density at radius 2 is 1.54 bits per heavy atom. The van der Waals surface area contributed by atoms with Gasteiger partial charge in [0, 0.05) is 0 Å². The van der Waals surface area contributed by atoms with Crippen molar-refractivity contribution in [3.05, 3.63) is 0 Å². The molecule has 3 rings (SSSR count). The molecule has 0 aliphatic heterocycles. The summed E-state index contributed by atoms with van der Waals surface area (Å²) in [6, 6.07) is 0. The van der Waals surface area contributed by atoms with Crippen LogP contribution in [0.4, 0.5) is 0 Å². The van der Waals surface area contributed by atoms with Crippen molar-refractivity contribution < 1.29 is 15.3 Å². The lowest BCUT2D eigenvalue weighted by atomic mass is 9.79. The Kier molecular flexibility index (Phi) is 1.56. The van der Waals surface area contributed by atoms with Crippen molar-refractivity contribution in [2.45, 2.75) is 37.6 Å². The topological polar surface area (TPSA) is 60.7 Å². The van der Waals surface area contributed by atoms with Crippen molar-refractivity contribution >= 4 is 0 Å². The number of hydrogen-bond donors (Lipinski definition) is 3. The Labute approximate surface area is 77.4 Å². The number of hydrogen-bond acceptors (Lipinski definition) is 3. The second kappa shape index (κ2) is 2.47. The fraction of sp³-hybridized carbons (Fsp3) is 1.00. The van der Waals surface area contributed by atoms with Crippen LogP contribution in [-0.2, 0) is 0 Å². The van der Waals surface area contributed by atoms with Crippen LogP contribution in [0.15, 0.2) is 0 Å². The van der Waals surface area contributed by atoms with Crippen molar-refractivity contribution in [3.63, 3.8) is 0 Å². The first-order chi connectivity index (χ1) is 6.18. The van der Waals surface area contributed by atoms with Gasteiger partial charge in [-0.25, -0.2) is 0 Å².